The summed E-state index contributed by atoms with van der Waals surface area (Å²) in [6.07, 6.45) is 5.69. The molecule has 0 spiro atoms. The molecule has 0 aliphatic carbocycles. The molecular weight excluding hydrogens is 498 g/mol. The second kappa shape index (κ2) is 11.9. The number of carbonyl (C=O) groups excluding carboxylic acids is 2. The Labute approximate surface area is 227 Å². The summed E-state index contributed by atoms with van der Waals surface area (Å²) in [4.78, 5) is 45.4. The van der Waals surface area contributed by atoms with Gasteiger partial charge in [-0.05, 0) is 43.9 Å². The standard InChI is InChI=1S/C29H33N5O5/c1-6-7-8-20(16(2)3)17(4)25-32-24(30)23-26(33-25)34-28(39)29(23,5)19-12-9-18(10-13-19)11-14-22(36)31-21(15-35)27(37)38/h6-10,12-13,21,35H,1,4,11,14-15H2,2-3,5H3,(H,31,36)(H,37,38)(H3,30,32,33,34,39)/b8-7-/t21?,29-/m0/s1. The lowest BCUT2D eigenvalue weighted by molar-refractivity contribution is -0.142. The smallest absolute Gasteiger partial charge is 0.328 e. The summed E-state index contributed by atoms with van der Waals surface area (Å²) in [7, 11) is 0. The number of carboxylic acids is 1. The van der Waals surface area contributed by atoms with Crippen molar-refractivity contribution in [2.45, 2.75) is 45.1 Å². The van der Waals surface area contributed by atoms with Crippen LogP contribution in [-0.4, -0.2) is 50.6 Å². The molecule has 1 aliphatic rings. The number of amides is 2. The van der Waals surface area contributed by atoms with Crippen molar-refractivity contribution in [2.24, 2.45) is 0 Å². The van der Waals surface area contributed by atoms with Gasteiger partial charge in [0.05, 0.1) is 12.2 Å². The fourth-order valence-corrected chi connectivity index (χ4v) is 4.39. The van der Waals surface area contributed by atoms with Gasteiger partial charge in [0.1, 0.15) is 23.1 Å². The lowest BCUT2D eigenvalue weighted by Gasteiger charge is -2.24. The number of benzene rings is 1. The van der Waals surface area contributed by atoms with Gasteiger partial charge in [-0.1, -0.05) is 61.2 Å². The predicted molar refractivity (Wildman–Crippen MR) is 150 cm³/mol. The number of carbonyl (C=O) groups is 3. The summed E-state index contributed by atoms with van der Waals surface area (Å²) in [5.74, 6) is -1.30. The van der Waals surface area contributed by atoms with Gasteiger partial charge in [-0.25, -0.2) is 14.8 Å². The minimum Gasteiger partial charge on any atom is -0.480 e. The average Bonchev–Trinajstić information content (AvgIpc) is 3.16. The third-order valence-corrected chi connectivity index (χ3v) is 6.64. The number of allylic oxidation sites excluding steroid dienone is 6. The number of aryl methyl sites for hydroxylation is 1. The zero-order valence-corrected chi connectivity index (χ0v) is 22.2. The van der Waals surface area contributed by atoms with E-state index in [2.05, 4.69) is 33.8 Å². The number of nitrogens with one attached hydrogen (secondary N) is 2. The highest BCUT2D eigenvalue weighted by atomic mass is 16.4. The number of hydrogen-bond acceptors (Lipinski definition) is 7. The Hall–Kier alpha value is -4.57. The molecule has 2 atom stereocenters. The van der Waals surface area contributed by atoms with E-state index >= 15 is 0 Å². The number of aromatic nitrogens is 2. The monoisotopic (exact) mass is 531 g/mol. The zero-order chi connectivity index (χ0) is 28.9. The molecule has 1 aromatic heterocycles. The largest absolute Gasteiger partial charge is 0.480 e. The number of aliphatic carboxylic acids is 1. The van der Waals surface area contributed by atoms with Crippen molar-refractivity contribution in [2.75, 3.05) is 17.7 Å². The van der Waals surface area contributed by atoms with Gasteiger partial charge in [0.25, 0.3) is 0 Å². The summed E-state index contributed by atoms with van der Waals surface area (Å²) < 4.78 is 0. The van der Waals surface area contributed by atoms with E-state index in [9.17, 15) is 14.4 Å². The van der Waals surface area contributed by atoms with Crippen LogP contribution >= 0.6 is 0 Å². The first-order valence-electron chi connectivity index (χ1n) is 12.3. The highest BCUT2D eigenvalue weighted by Crippen LogP contribution is 2.45. The van der Waals surface area contributed by atoms with E-state index < -0.39 is 29.9 Å². The van der Waals surface area contributed by atoms with Crippen molar-refractivity contribution >= 4 is 35.0 Å². The molecular formula is C29H33N5O5. The molecule has 0 bridgehead atoms. The Morgan fingerprint density at radius 2 is 1.90 bits per heavy atom. The first-order chi connectivity index (χ1) is 18.4. The molecule has 6 N–H and O–H groups in total. The number of nitrogen functional groups attached to an aromatic ring is 1. The summed E-state index contributed by atoms with van der Waals surface area (Å²) in [5.41, 5.74) is 9.61. The molecule has 1 unspecified atom stereocenters. The van der Waals surface area contributed by atoms with Gasteiger partial charge in [0.15, 0.2) is 5.82 Å². The van der Waals surface area contributed by atoms with E-state index in [0.29, 0.717) is 34.8 Å². The van der Waals surface area contributed by atoms with Crippen LogP contribution in [0, 0.1) is 0 Å². The number of hydrogen-bond donors (Lipinski definition) is 5. The van der Waals surface area contributed by atoms with Gasteiger partial charge in [-0.3, -0.25) is 9.59 Å². The minimum atomic E-state index is -1.34. The molecule has 2 amide bonds. The summed E-state index contributed by atoms with van der Waals surface area (Å²) in [6, 6.07) is 5.80. The molecule has 1 aromatic carbocycles. The predicted octanol–water partition coefficient (Wildman–Crippen LogP) is 2.90. The molecule has 39 heavy (non-hydrogen) atoms. The van der Waals surface area contributed by atoms with Crippen LogP contribution in [0.5, 0.6) is 0 Å². The fraction of sp³-hybridized carbons (Fsp3) is 0.276. The van der Waals surface area contributed by atoms with E-state index in [-0.39, 0.29) is 18.1 Å². The molecule has 0 saturated carbocycles. The Morgan fingerprint density at radius 3 is 2.46 bits per heavy atom. The van der Waals surface area contributed by atoms with E-state index in [1.54, 1.807) is 43.3 Å². The van der Waals surface area contributed by atoms with Gasteiger partial charge in [-0.2, -0.15) is 0 Å². The number of nitrogens with two attached hydrogens (primary N) is 1. The van der Waals surface area contributed by atoms with Crippen molar-refractivity contribution in [3.8, 4) is 0 Å². The quantitative estimate of drug-likeness (QED) is 0.276. The normalized spacial score (nSPS) is 16.8. The third kappa shape index (κ3) is 5.96. The van der Waals surface area contributed by atoms with Crippen molar-refractivity contribution < 1.29 is 24.6 Å². The maximum atomic E-state index is 13.2. The first kappa shape index (κ1) is 29.0. The summed E-state index contributed by atoms with van der Waals surface area (Å²) in [5, 5.41) is 23.1. The lowest BCUT2D eigenvalue weighted by Crippen LogP contribution is -2.43. The van der Waals surface area contributed by atoms with Gasteiger partial charge in [0, 0.05) is 12.0 Å². The van der Waals surface area contributed by atoms with Crippen LogP contribution in [-0.2, 0) is 26.2 Å². The molecule has 0 saturated heterocycles. The third-order valence-electron chi connectivity index (χ3n) is 6.64. The maximum absolute atomic E-state index is 13.2. The Morgan fingerprint density at radius 1 is 1.23 bits per heavy atom. The van der Waals surface area contributed by atoms with Crippen LogP contribution in [0.1, 0.15) is 49.7 Å². The van der Waals surface area contributed by atoms with E-state index in [4.69, 9.17) is 15.9 Å². The second-order valence-corrected chi connectivity index (χ2v) is 9.56. The van der Waals surface area contributed by atoms with Gasteiger partial charge in [0.2, 0.25) is 11.8 Å². The van der Waals surface area contributed by atoms with Crippen molar-refractivity contribution in [1.29, 1.82) is 0 Å². The summed E-state index contributed by atoms with van der Waals surface area (Å²) in [6.45, 7) is 12.8. The number of fused-ring (bicyclic) bond motifs is 1. The Kier molecular flexibility index (Phi) is 8.82. The molecule has 0 radical (unpaired) electrons. The maximum Gasteiger partial charge on any atom is 0.328 e. The van der Waals surface area contributed by atoms with Crippen LogP contribution in [0.4, 0.5) is 11.6 Å². The Balaban J connectivity index is 1.85. The lowest BCUT2D eigenvalue weighted by atomic mass is 9.77. The topological polar surface area (TPSA) is 168 Å². The molecule has 3 rings (SSSR count). The van der Waals surface area contributed by atoms with Crippen LogP contribution in [0.25, 0.3) is 5.57 Å². The molecule has 10 nitrogen and oxygen atoms in total. The van der Waals surface area contributed by atoms with Crippen molar-refractivity contribution in [3.05, 3.63) is 89.3 Å². The molecule has 1 aliphatic heterocycles. The Bertz CT molecular complexity index is 1390. The SMILES string of the molecule is C=C/C=C\C(C(=C)c1nc(N)c2c(n1)NC(=O)[C@@]2(C)c1ccc(CCC(=O)NC(CO)C(=O)O)cc1)=C(C)C. The van der Waals surface area contributed by atoms with Gasteiger partial charge >= 0.3 is 5.97 Å². The zero-order valence-electron chi connectivity index (χ0n) is 22.2. The van der Waals surface area contributed by atoms with Crippen LogP contribution < -0.4 is 16.4 Å². The summed E-state index contributed by atoms with van der Waals surface area (Å²) >= 11 is 0. The molecule has 2 heterocycles. The van der Waals surface area contributed by atoms with E-state index in [0.717, 1.165) is 16.7 Å². The van der Waals surface area contributed by atoms with Crippen LogP contribution in [0.15, 0.2) is 66.8 Å². The molecule has 2 aromatic rings. The van der Waals surface area contributed by atoms with Crippen LogP contribution in [0.2, 0.25) is 0 Å². The molecule has 0 fully saturated rings. The van der Waals surface area contributed by atoms with Crippen molar-refractivity contribution in [1.82, 2.24) is 15.3 Å². The highest BCUT2D eigenvalue weighted by Gasteiger charge is 2.47. The van der Waals surface area contributed by atoms with Gasteiger partial charge in [-0.15, -0.1) is 0 Å². The van der Waals surface area contributed by atoms with E-state index in [1.807, 2.05) is 19.9 Å². The number of rotatable bonds is 11. The minimum absolute atomic E-state index is 0.0345. The van der Waals surface area contributed by atoms with E-state index in [1.165, 1.54) is 0 Å². The number of carboxylic acid groups (broad SMARTS) is 1. The first-order valence-corrected chi connectivity index (χ1v) is 12.3. The second-order valence-electron chi connectivity index (χ2n) is 9.56. The number of anilines is 2. The molecule has 10 heteroatoms. The number of aliphatic hydroxyl groups is 1. The fourth-order valence-electron chi connectivity index (χ4n) is 4.39. The number of aliphatic hydroxyl groups excluding tert-OH is 1. The highest BCUT2D eigenvalue weighted by molar-refractivity contribution is 6.09. The van der Waals surface area contributed by atoms with Crippen molar-refractivity contribution in [3.63, 3.8) is 0 Å². The van der Waals surface area contributed by atoms with Crippen LogP contribution in [0.3, 0.4) is 0 Å². The average molecular weight is 532 g/mol. The van der Waals surface area contributed by atoms with Gasteiger partial charge < -0.3 is 26.6 Å². The number of nitrogens with zero attached hydrogens (tertiary/aromatic N) is 2. The molecule has 204 valence electrons.